The van der Waals surface area contributed by atoms with Crippen LogP contribution in [0.5, 0.6) is 0 Å². The van der Waals surface area contributed by atoms with Crippen LogP contribution in [0.1, 0.15) is 27.9 Å². The van der Waals surface area contributed by atoms with Crippen LogP contribution >= 0.6 is 11.3 Å². The molecule has 9 heteroatoms. The van der Waals surface area contributed by atoms with Gasteiger partial charge < -0.3 is 5.73 Å². The van der Waals surface area contributed by atoms with Crippen LogP contribution in [0.4, 0.5) is 10.8 Å². The van der Waals surface area contributed by atoms with Crippen molar-refractivity contribution in [3.05, 3.63) is 50.5 Å². The van der Waals surface area contributed by atoms with E-state index >= 15 is 0 Å². The summed E-state index contributed by atoms with van der Waals surface area (Å²) in [5.74, 6) is -0.410. The topological polar surface area (TPSA) is 124 Å². The largest absolute Gasteiger partial charge is 0.375 e. The number of rotatable bonds is 5. The number of aromatic nitrogens is 1. The van der Waals surface area contributed by atoms with Crippen LogP contribution in [-0.2, 0) is 6.42 Å². The SMILES string of the molecule is CCc1nc(N)sc1C(=O)N/N=C/c1cccc([N+](=O)[O-])c1. The van der Waals surface area contributed by atoms with Gasteiger partial charge in [-0.3, -0.25) is 14.9 Å². The third kappa shape index (κ3) is 3.64. The summed E-state index contributed by atoms with van der Waals surface area (Å²) in [4.78, 5) is 26.6. The first-order chi connectivity index (χ1) is 10.5. The van der Waals surface area contributed by atoms with Gasteiger partial charge in [-0.2, -0.15) is 5.10 Å². The molecule has 1 aromatic heterocycles. The molecule has 0 fully saturated rings. The number of benzene rings is 1. The highest BCUT2D eigenvalue weighted by molar-refractivity contribution is 7.17. The number of thiazole rings is 1. The minimum Gasteiger partial charge on any atom is -0.375 e. The van der Waals surface area contributed by atoms with E-state index in [9.17, 15) is 14.9 Å². The van der Waals surface area contributed by atoms with Crippen molar-refractivity contribution in [2.45, 2.75) is 13.3 Å². The molecule has 0 aliphatic heterocycles. The summed E-state index contributed by atoms with van der Waals surface area (Å²) in [6, 6.07) is 5.92. The third-order valence-corrected chi connectivity index (χ3v) is 3.64. The van der Waals surface area contributed by atoms with Crippen molar-refractivity contribution in [1.82, 2.24) is 10.4 Å². The zero-order valence-electron chi connectivity index (χ0n) is 11.6. The molecule has 0 radical (unpaired) electrons. The molecule has 0 aliphatic carbocycles. The van der Waals surface area contributed by atoms with Crippen LogP contribution in [0.2, 0.25) is 0 Å². The Hall–Kier alpha value is -2.81. The zero-order chi connectivity index (χ0) is 16.1. The number of nitrogen functional groups attached to an aromatic ring is 1. The zero-order valence-corrected chi connectivity index (χ0v) is 12.5. The Kier molecular flexibility index (Phi) is 4.79. The number of aryl methyl sites for hydroxylation is 1. The standard InChI is InChI=1S/C13H13N5O3S/c1-2-10-11(22-13(14)16-10)12(19)17-15-7-8-4-3-5-9(6-8)18(20)21/h3-7H,2H2,1H3,(H2,14,16)(H,17,19)/b15-7+. The first kappa shape index (κ1) is 15.6. The number of hydrazone groups is 1. The summed E-state index contributed by atoms with van der Waals surface area (Å²) in [7, 11) is 0. The summed E-state index contributed by atoms with van der Waals surface area (Å²) < 4.78 is 0. The van der Waals surface area contributed by atoms with E-state index < -0.39 is 10.8 Å². The summed E-state index contributed by atoms with van der Waals surface area (Å²) in [5.41, 5.74) is 9.02. The van der Waals surface area contributed by atoms with Gasteiger partial charge in [0.25, 0.3) is 11.6 Å². The van der Waals surface area contributed by atoms with E-state index in [1.165, 1.54) is 18.3 Å². The molecule has 0 spiro atoms. The van der Waals surface area contributed by atoms with Gasteiger partial charge in [0.1, 0.15) is 4.88 Å². The fraction of sp³-hybridized carbons (Fsp3) is 0.154. The fourth-order valence-electron chi connectivity index (χ4n) is 1.72. The van der Waals surface area contributed by atoms with Crippen molar-refractivity contribution in [2.24, 2.45) is 5.10 Å². The molecule has 0 saturated heterocycles. The molecule has 1 heterocycles. The molecule has 0 aliphatic rings. The van der Waals surface area contributed by atoms with Gasteiger partial charge in [0, 0.05) is 17.7 Å². The van der Waals surface area contributed by atoms with Gasteiger partial charge in [0.05, 0.1) is 16.8 Å². The molecule has 0 saturated carbocycles. The molecule has 0 atom stereocenters. The van der Waals surface area contributed by atoms with Gasteiger partial charge in [-0.1, -0.05) is 30.4 Å². The molecule has 1 aromatic carbocycles. The van der Waals surface area contributed by atoms with E-state index in [1.807, 2.05) is 6.92 Å². The van der Waals surface area contributed by atoms with Crippen LogP contribution in [-0.4, -0.2) is 22.0 Å². The second-order valence-corrected chi connectivity index (χ2v) is 5.26. The number of amides is 1. The number of anilines is 1. The van der Waals surface area contributed by atoms with Crippen LogP contribution in [0.25, 0.3) is 0 Å². The second-order valence-electron chi connectivity index (χ2n) is 4.23. The average molecular weight is 319 g/mol. The van der Waals surface area contributed by atoms with E-state index in [1.54, 1.807) is 12.1 Å². The third-order valence-electron chi connectivity index (χ3n) is 2.72. The lowest BCUT2D eigenvalue weighted by molar-refractivity contribution is -0.384. The molecule has 2 aromatic rings. The number of non-ortho nitro benzene ring substituents is 1. The normalized spacial score (nSPS) is 10.8. The first-order valence-corrected chi connectivity index (χ1v) is 7.16. The number of nitro groups is 1. The van der Waals surface area contributed by atoms with Gasteiger partial charge in [-0.05, 0) is 6.42 Å². The van der Waals surface area contributed by atoms with E-state index in [0.29, 0.717) is 27.7 Å². The summed E-state index contributed by atoms with van der Waals surface area (Å²) in [5, 5.41) is 14.8. The lowest BCUT2D eigenvalue weighted by Crippen LogP contribution is -2.17. The van der Waals surface area contributed by atoms with Crippen LogP contribution < -0.4 is 11.2 Å². The molecule has 0 unspecified atom stereocenters. The van der Waals surface area contributed by atoms with E-state index in [-0.39, 0.29) is 5.69 Å². The molecule has 2 rings (SSSR count). The van der Waals surface area contributed by atoms with Gasteiger partial charge in [0.2, 0.25) is 0 Å². The second kappa shape index (κ2) is 6.76. The number of nitrogens with zero attached hydrogens (tertiary/aromatic N) is 3. The van der Waals surface area contributed by atoms with Gasteiger partial charge in [-0.25, -0.2) is 10.4 Å². The molecular weight excluding hydrogens is 306 g/mol. The highest BCUT2D eigenvalue weighted by Crippen LogP contribution is 2.20. The Morgan fingerprint density at radius 1 is 1.59 bits per heavy atom. The Bertz CT molecular complexity index is 741. The predicted molar refractivity (Wildman–Crippen MR) is 84.1 cm³/mol. The first-order valence-electron chi connectivity index (χ1n) is 6.34. The van der Waals surface area contributed by atoms with Crippen molar-refractivity contribution in [1.29, 1.82) is 0 Å². The van der Waals surface area contributed by atoms with Crippen molar-refractivity contribution in [3.63, 3.8) is 0 Å². The van der Waals surface area contributed by atoms with Crippen molar-refractivity contribution < 1.29 is 9.72 Å². The summed E-state index contributed by atoms with van der Waals surface area (Å²) in [6.07, 6.45) is 1.92. The van der Waals surface area contributed by atoms with E-state index in [2.05, 4.69) is 15.5 Å². The summed E-state index contributed by atoms with van der Waals surface area (Å²) >= 11 is 1.09. The van der Waals surface area contributed by atoms with Crippen molar-refractivity contribution in [3.8, 4) is 0 Å². The molecule has 3 N–H and O–H groups in total. The predicted octanol–water partition coefficient (Wildman–Crippen LogP) is 1.96. The minimum absolute atomic E-state index is 0.0428. The molecule has 22 heavy (non-hydrogen) atoms. The fourth-order valence-corrected chi connectivity index (χ4v) is 2.53. The Morgan fingerprint density at radius 2 is 2.36 bits per heavy atom. The molecule has 1 amide bonds. The lowest BCUT2D eigenvalue weighted by atomic mass is 10.2. The maximum atomic E-state index is 12.0. The molecule has 0 bridgehead atoms. The van der Waals surface area contributed by atoms with Crippen molar-refractivity contribution in [2.75, 3.05) is 5.73 Å². The van der Waals surface area contributed by atoms with Gasteiger partial charge in [0.15, 0.2) is 5.13 Å². The van der Waals surface area contributed by atoms with Crippen molar-refractivity contribution >= 4 is 34.3 Å². The van der Waals surface area contributed by atoms with E-state index in [4.69, 9.17) is 5.73 Å². The van der Waals surface area contributed by atoms with Crippen LogP contribution in [0.15, 0.2) is 29.4 Å². The monoisotopic (exact) mass is 319 g/mol. The number of carbonyl (C=O) groups is 1. The number of carbonyl (C=O) groups excluding carboxylic acids is 1. The summed E-state index contributed by atoms with van der Waals surface area (Å²) in [6.45, 7) is 1.87. The number of nitro benzene ring substituents is 1. The van der Waals surface area contributed by atoms with Crippen LogP contribution in [0, 0.1) is 10.1 Å². The number of hydrogen-bond donors (Lipinski definition) is 2. The highest BCUT2D eigenvalue weighted by atomic mass is 32.1. The Morgan fingerprint density at radius 3 is 3.05 bits per heavy atom. The smallest absolute Gasteiger partial charge is 0.283 e. The maximum Gasteiger partial charge on any atom is 0.283 e. The quantitative estimate of drug-likeness (QED) is 0.495. The molecule has 8 nitrogen and oxygen atoms in total. The van der Waals surface area contributed by atoms with E-state index in [0.717, 1.165) is 11.3 Å². The lowest BCUT2D eigenvalue weighted by Gasteiger charge is -1.98. The minimum atomic E-state index is -0.496. The van der Waals surface area contributed by atoms with Gasteiger partial charge in [-0.15, -0.1) is 0 Å². The molecular formula is C13H13N5O3S. The average Bonchev–Trinajstić information content (AvgIpc) is 2.88. The van der Waals surface area contributed by atoms with Gasteiger partial charge >= 0.3 is 0 Å². The molecule has 114 valence electrons. The number of nitrogens with one attached hydrogen (secondary N) is 1. The highest BCUT2D eigenvalue weighted by Gasteiger charge is 2.15. The number of nitrogens with two attached hydrogens (primary N) is 1. The maximum absolute atomic E-state index is 12.0. The Balaban J connectivity index is 2.07. The Labute approximate surface area is 129 Å². The number of hydrogen-bond acceptors (Lipinski definition) is 7. The van der Waals surface area contributed by atoms with Crippen LogP contribution in [0.3, 0.4) is 0 Å².